The predicted molar refractivity (Wildman–Crippen MR) is 69.3 cm³/mol. The lowest BCUT2D eigenvalue weighted by atomic mass is 9.89. The first-order chi connectivity index (χ1) is 7.63. The van der Waals surface area contributed by atoms with Crippen molar-refractivity contribution in [2.24, 2.45) is 5.92 Å². The molecule has 1 aliphatic carbocycles. The monoisotopic (exact) mass is 218 g/mol. The molecule has 0 aliphatic heterocycles. The molecule has 1 nitrogen and oxygen atoms in total. The van der Waals surface area contributed by atoms with E-state index in [1.54, 1.807) is 0 Å². The zero-order valence-corrected chi connectivity index (χ0v) is 10.5. The van der Waals surface area contributed by atoms with Crippen LogP contribution in [0.4, 0.5) is 0 Å². The van der Waals surface area contributed by atoms with E-state index < -0.39 is 0 Å². The van der Waals surface area contributed by atoms with Gasteiger partial charge in [0, 0.05) is 0 Å². The van der Waals surface area contributed by atoms with Crippen LogP contribution >= 0.6 is 0 Å². The number of carbonyl (C=O) groups excluding carboxylic acids is 1. The molecule has 1 aliphatic rings. The second kappa shape index (κ2) is 6.47. The molecule has 0 unspecified atom stereocenters. The number of allylic oxidation sites excluding steroid dienone is 5. The maximum atomic E-state index is 10.8. The molecule has 0 N–H and O–H groups in total. The number of rotatable bonds is 2. The molecule has 0 bridgehead atoms. The SMILES string of the molecule is C=C(C=O)[C@H]1C/C=C(\C)CC/C=C(\C)CC1. The van der Waals surface area contributed by atoms with E-state index >= 15 is 0 Å². The first-order valence-electron chi connectivity index (χ1n) is 6.08. The summed E-state index contributed by atoms with van der Waals surface area (Å²) < 4.78 is 0. The van der Waals surface area contributed by atoms with Crippen LogP contribution < -0.4 is 0 Å². The van der Waals surface area contributed by atoms with Gasteiger partial charge in [-0.2, -0.15) is 0 Å². The highest BCUT2D eigenvalue weighted by Crippen LogP contribution is 2.24. The zero-order chi connectivity index (χ0) is 12.0. The van der Waals surface area contributed by atoms with E-state index in [-0.39, 0.29) is 0 Å². The molecule has 0 heterocycles. The molecule has 0 fully saturated rings. The van der Waals surface area contributed by atoms with Crippen molar-refractivity contribution in [3.8, 4) is 0 Å². The Bertz CT molecular complexity index is 320. The number of aldehydes is 1. The third kappa shape index (κ3) is 4.18. The fraction of sp³-hybridized carbons (Fsp3) is 0.533. The van der Waals surface area contributed by atoms with Gasteiger partial charge in [0.2, 0.25) is 0 Å². The molecule has 0 saturated carbocycles. The molecular formula is C15H22O. The van der Waals surface area contributed by atoms with Crippen LogP contribution in [0.25, 0.3) is 0 Å². The van der Waals surface area contributed by atoms with E-state index in [0.29, 0.717) is 5.92 Å². The van der Waals surface area contributed by atoms with Crippen LogP contribution in [0.2, 0.25) is 0 Å². The molecule has 0 radical (unpaired) electrons. The third-order valence-corrected chi connectivity index (χ3v) is 3.35. The van der Waals surface area contributed by atoms with E-state index in [2.05, 4.69) is 32.6 Å². The van der Waals surface area contributed by atoms with Crippen molar-refractivity contribution < 1.29 is 4.79 Å². The van der Waals surface area contributed by atoms with Crippen molar-refractivity contribution in [3.63, 3.8) is 0 Å². The molecule has 88 valence electrons. The Morgan fingerprint density at radius 3 is 2.69 bits per heavy atom. The van der Waals surface area contributed by atoms with Crippen LogP contribution in [-0.2, 0) is 4.79 Å². The third-order valence-electron chi connectivity index (χ3n) is 3.35. The van der Waals surface area contributed by atoms with Crippen molar-refractivity contribution in [3.05, 3.63) is 35.5 Å². The smallest absolute Gasteiger partial charge is 0.145 e. The van der Waals surface area contributed by atoms with E-state index in [9.17, 15) is 4.79 Å². The summed E-state index contributed by atoms with van der Waals surface area (Å²) in [7, 11) is 0. The topological polar surface area (TPSA) is 17.1 Å². The summed E-state index contributed by atoms with van der Waals surface area (Å²) in [4.78, 5) is 10.8. The molecule has 0 saturated heterocycles. The van der Waals surface area contributed by atoms with Gasteiger partial charge in [0.15, 0.2) is 0 Å². The van der Waals surface area contributed by atoms with E-state index in [1.165, 1.54) is 11.1 Å². The Balaban J connectivity index is 2.74. The minimum absolute atomic E-state index is 0.328. The molecule has 0 amide bonds. The second-order valence-corrected chi connectivity index (χ2v) is 4.80. The highest BCUT2D eigenvalue weighted by Gasteiger charge is 2.12. The van der Waals surface area contributed by atoms with Gasteiger partial charge in [-0.15, -0.1) is 0 Å². The van der Waals surface area contributed by atoms with Crippen molar-refractivity contribution >= 4 is 6.29 Å². The maximum Gasteiger partial charge on any atom is 0.145 e. The Morgan fingerprint density at radius 1 is 1.31 bits per heavy atom. The summed E-state index contributed by atoms with van der Waals surface area (Å²) in [6.07, 6.45) is 10.9. The van der Waals surface area contributed by atoms with Crippen molar-refractivity contribution in [2.45, 2.75) is 46.0 Å². The van der Waals surface area contributed by atoms with Gasteiger partial charge >= 0.3 is 0 Å². The largest absolute Gasteiger partial charge is 0.298 e. The molecule has 1 rings (SSSR count). The summed E-state index contributed by atoms with van der Waals surface area (Å²) >= 11 is 0. The normalized spacial score (nSPS) is 29.5. The summed E-state index contributed by atoms with van der Waals surface area (Å²) in [5, 5.41) is 0. The fourth-order valence-electron chi connectivity index (χ4n) is 2.05. The minimum atomic E-state index is 0.328. The molecule has 0 aromatic heterocycles. The van der Waals surface area contributed by atoms with Gasteiger partial charge in [-0.25, -0.2) is 0 Å². The lowest BCUT2D eigenvalue weighted by molar-refractivity contribution is -0.105. The minimum Gasteiger partial charge on any atom is -0.298 e. The Hall–Kier alpha value is -1.11. The summed E-state index contributed by atoms with van der Waals surface area (Å²) in [6, 6.07) is 0. The van der Waals surface area contributed by atoms with Crippen LogP contribution in [0.1, 0.15) is 46.0 Å². The van der Waals surface area contributed by atoms with Gasteiger partial charge in [0.05, 0.1) is 0 Å². The molecule has 0 spiro atoms. The lowest BCUT2D eigenvalue weighted by Crippen LogP contribution is -2.05. The van der Waals surface area contributed by atoms with Crippen LogP contribution in [0, 0.1) is 5.92 Å². The zero-order valence-electron chi connectivity index (χ0n) is 10.5. The van der Waals surface area contributed by atoms with E-state index in [4.69, 9.17) is 0 Å². The van der Waals surface area contributed by atoms with Gasteiger partial charge in [0.25, 0.3) is 0 Å². The standard InChI is InChI=1S/C15H22O/c1-12-5-4-6-13(2)8-10-15(9-7-12)14(3)11-16/h5,8,11,15H,3-4,6-7,9-10H2,1-2H3/b12-5+,13-8+/t15-/m1/s1. The molecule has 16 heavy (non-hydrogen) atoms. The maximum absolute atomic E-state index is 10.8. The molecule has 0 aromatic rings. The molecular weight excluding hydrogens is 196 g/mol. The van der Waals surface area contributed by atoms with Gasteiger partial charge in [0.1, 0.15) is 6.29 Å². The summed E-state index contributed by atoms with van der Waals surface area (Å²) in [5.41, 5.74) is 3.62. The van der Waals surface area contributed by atoms with Crippen LogP contribution in [-0.4, -0.2) is 6.29 Å². The Kier molecular flexibility index (Phi) is 5.24. The summed E-state index contributed by atoms with van der Waals surface area (Å²) in [6.45, 7) is 8.21. The van der Waals surface area contributed by atoms with Gasteiger partial charge in [-0.1, -0.05) is 29.9 Å². The van der Waals surface area contributed by atoms with Crippen molar-refractivity contribution in [2.75, 3.05) is 0 Å². The fourth-order valence-corrected chi connectivity index (χ4v) is 2.05. The van der Waals surface area contributed by atoms with Crippen LogP contribution in [0.5, 0.6) is 0 Å². The molecule has 1 heteroatoms. The number of carbonyl (C=O) groups is 1. The first-order valence-corrected chi connectivity index (χ1v) is 6.08. The van der Waals surface area contributed by atoms with Crippen molar-refractivity contribution in [1.82, 2.24) is 0 Å². The molecule has 0 aromatic carbocycles. The summed E-state index contributed by atoms with van der Waals surface area (Å²) in [5.74, 6) is 0.328. The van der Waals surface area contributed by atoms with Gasteiger partial charge in [-0.05, 0) is 57.4 Å². The number of hydrogen-bond acceptors (Lipinski definition) is 1. The average Bonchev–Trinajstić information content (AvgIpc) is 2.28. The van der Waals surface area contributed by atoms with Gasteiger partial charge < -0.3 is 0 Å². The average molecular weight is 218 g/mol. The Labute approximate surface area is 98.9 Å². The van der Waals surface area contributed by atoms with Gasteiger partial charge in [-0.3, -0.25) is 4.79 Å². The molecule has 1 atom stereocenters. The number of hydrogen-bond donors (Lipinski definition) is 0. The predicted octanol–water partition coefficient (Wildman–Crippen LogP) is 4.21. The highest BCUT2D eigenvalue weighted by atomic mass is 16.1. The lowest BCUT2D eigenvalue weighted by Gasteiger charge is -2.16. The van der Waals surface area contributed by atoms with Crippen molar-refractivity contribution in [1.29, 1.82) is 0 Å². The van der Waals surface area contributed by atoms with Crippen LogP contribution in [0.3, 0.4) is 0 Å². The Morgan fingerprint density at radius 2 is 2.00 bits per heavy atom. The second-order valence-electron chi connectivity index (χ2n) is 4.80. The highest BCUT2D eigenvalue weighted by molar-refractivity contribution is 5.72. The van der Waals surface area contributed by atoms with Crippen LogP contribution in [0.15, 0.2) is 35.5 Å². The quantitative estimate of drug-likeness (QED) is 0.385. The van der Waals surface area contributed by atoms with E-state index in [1.807, 2.05) is 0 Å². The van der Waals surface area contributed by atoms with E-state index in [0.717, 1.165) is 44.0 Å². The first kappa shape index (κ1) is 13.0.